The van der Waals surface area contributed by atoms with Gasteiger partial charge >= 0.3 is 0 Å². The van der Waals surface area contributed by atoms with Crippen LogP contribution in [0.25, 0.3) is 22.4 Å². The number of unbranched alkanes of at least 4 members (excludes halogenated alkanes) is 1. The van der Waals surface area contributed by atoms with E-state index in [0.717, 1.165) is 35.5 Å². The molecular formula is C23H23N3O3S. The van der Waals surface area contributed by atoms with Crippen molar-refractivity contribution in [3.05, 3.63) is 69.0 Å². The molecule has 0 bridgehead atoms. The lowest BCUT2D eigenvalue weighted by molar-refractivity contribution is 0.309. The molecule has 6 nitrogen and oxygen atoms in total. The number of hydrogen-bond donors (Lipinski definition) is 0. The van der Waals surface area contributed by atoms with E-state index < -0.39 is 0 Å². The number of fused-ring (bicyclic) bond motifs is 1. The Kier molecular flexibility index (Phi) is 6.09. The van der Waals surface area contributed by atoms with Crippen LogP contribution in [-0.2, 0) is 0 Å². The molecule has 0 fully saturated rings. The second kappa shape index (κ2) is 9.09. The summed E-state index contributed by atoms with van der Waals surface area (Å²) in [6.45, 7) is 5.34. The van der Waals surface area contributed by atoms with Crippen LogP contribution in [0.5, 0.6) is 11.5 Å². The van der Waals surface area contributed by atoms with Gasteiger partial charge in [0.05, 0.1) is 17.7 Å². The molecule has 0 unspecified atom stereocenters. The Morgan fingerprint density at radius 2 is 1.87 bits per heavy atom. The molecule has 0 radical (unpaired) electrons. The SMILES string of the molecule is CCCCOc1ccc(-c2nc3s/c(=C\c4ccccc4OCC)c(=O)n3n2)cc1. The highest BCUT2D eigenvalue weighted by atomic mass is 32.1. The van der Waals surface area contributed by atoms with E-state index in [1.807, 2.05) is 61.5 Å². The molecule has 0 aliphatic rings. The highest BCUT2D eigenvalue weighted by Gasteiger charge is 2.12. The zero-order valence-corrected chi connectivity index (χ0v) is 17.8. The van der Waals surface area contributed by atoms with Gasteiger partial charge in [0.15, 0.2) is 5.82 Å². The fourth-order valence-corrected chi connectivity index (χ4v) is 3.92. The highest BCUT2D eigenvalue weighted by molar-refractivity contribution is 7.15. The largest absolute Gasteiger partial charge is 0.494 e. The minimum Gasteiger partial charge on any atom is -0.494 e. The predicted molar refractivity (Wildman–Crippen MR) is 119 cm³/mol. The molecule has 2 aromatic carbocycles. The zero-order chi connectivity index (χ0) is 20.9. The van der Waals surface area contributed by atoms with E-state index in [1.54, 1.807) is 0 Å². The fourth-order valence-electron chi connectivity index (χ4n) is 3.02. The van der Waals surface area contributed by atoms with Crippen LogP contribution in [0.3, 0.4) is 0 Å². The van der Waals surface area contributed by atoms with Crippen molar-refractivity contribution in [3.63, 3.8) is 0 Å². The number of benzene rings is 2. The molecule has 4 aromatic rings. The van der Waals surface area contributed by atoms with Crippen LogP contribution < -0.4 is 19.6 Å². The normalized spacial score (nSPS) is 11.9. The molecular weight excluding hydrogens is 398 g/mol. The first-order valence-corrected chi connectivity index (χ1v) is 10.9. The van der Waals surface area contributed by atoms with Gasteiger partial charge in [-0.3, -0.25) is 4.79 Å². The maximum Gasteiger partial charge on any atom is 0.291 e. The summed E-state index contributed by atoms with van der Waals surface area (Å²) in [5, 5.41) is 4.42. The lowest BCUT2D eigenvalue weighted by atomic mass is 10.2. The van der Waals surface area contributed by atoms with Gasteiger partial charge in [0, 0.05) is 11.1 Å². The summed E-state index contributed by atoms with van der Waals surface area (Å²) in [4.78, 5) is 17.9. The van der Waals surface area contributed by atoms with E-state index in [4.69, 9.17) is 9.47 Å². The number of nitrogens with zero attached hydrogens (tertiary/aromatic N) is 3. The Morgan fingerprint density at radius 3 is 2.60 bits per heavy atom. The van der Waals surface area contributed by atoms with Crippen LogP contribution in [0.1, 0.15) is 32.3 Å². The Hall–Kier alpha value is -3.19. The molecule has 0 aliphatic carbocycles. The molecule has 0 aliphatic heterocycles. The number of ether oxygens (including phenoxy) is 2. The van der Waals surface area contributed by atoms with Gasteiger partial charge in [0.2, 0.25) is 4.96 Å². The minimum absolute atomic E-state index is 0.181. The second-order valence-electron chi connectivity index (χ2n) is 6.74. The van der Waals surface area contributed by atoms with E-state index in [0.29, 0.717) is 28.5 Å². The Bertz CT molecular complexity index is 1250. The third kappa shape index (κ3) is 4.21. The third-order valence-corrected chi connectivity index (χ3v) is 5.53. The van der Waals surface area contributed by atoms with Crippen LogP contribution in [0.15, 0.2) is 53.3 Å². The summed E-state index contributed by atoms with van der Waals surface area (Å²) in [5.41, 5.74) is 1.53. The van der Waals surface area contributed by atoms with E-state index in [2.05, 4.69) is 17.0 Å². The molecule has 0 saturated carbocycles. The number of rotatable bonds is 8. The summed E-state index contributed by atoms with van der Waals surface area (Å²) in [7, 11) is 0. The molecule has 0 spiro atoms. The molecule has 2 heterocycles. The van der Waals surface area contributed by atoms with E-state index in [1.165, 1.54) is 15.9 Å². The monoisotopic (exact) mass is 421 g/mol. The standard InChI is InChI=1S/C23H23N3O3S/c1-3-5-14-29-18-12-10-16(11-13-18)21-24-23-26(25-21)22(27)20(30-23)15-17-8-6-7-9-19(17)28-4-2/h6-13,15H,3-5,14H2,1-2H3/b20-15-. The van der Waals surface area contributed by atoms with E-state index in [-0.39, 0.29) is 5.56 Å². The van der Waals surface area contributed by atoms with Crippen molar-refractivity contribution in [2.45, 2.75) is 26.7 Å². The fraction of sp³-hybridized carbons (Fsp3) is 0.261. The molecule has 0 N–H and O–H groups in total. The number of aromatic nitrogens is 3. The van der Waals surface area contributed by atoms with Gasteiger partial charge in [-0.05, 0) is 49.8 Å². The minimum atomic E-state index is -0.181. The molecule has 4 rings (SSSR count). The average molecular weight is 422 g/mol. The first-order chi connectivity index (χ1) is 14.7. The van der Waals surface area contributed by atoms with Gasteiger partial charge < -0.3 is 9.47 Å². The summed E-state index contributed by atoms with van der Waals surface area (Å²) in [5.74, 6) is 2.10. The predicted octanol–water partition coefficient (Wildman–Crippen LogP) is 3.94. The Morgan fingerprint density at radius 1 is 1.07 bits per heavy atom. The molecule has 0 atom stereocenters. The van der Waals surface area contributed by atoms with Gasteiger partial charge in [-0.15, -0.1) is 5.10 Å². The van der Waals surface area contributed by atoms with Crippen molar-refractivity contribution < 1.29 is 9.47 Å². The molecule has 2 aromatic heterocycles. The molecule has 30 heavy (non-hydrogen) atoms. The number of hydrogen-bond acceptors (Lipinski definition) is 6. The summed E-state index contributed by atoms with van der Waals surface area (Å²) < 4.78 is 13.3. The second-order valence-corrected chi connectivity index (χ2v) is 7.75. The van der Waals surface area contributed by atoms with Gasteiger partial charge in [0.25, 0.3) is 5.56 Å². The first kappa shape index (κ1) is 20.1. The van der Waals surface area contributed by atoms with Crippen LogP contribution in [-0.4, -0.2) is 27.8 Å². The lowest BCUT2D eigenvalue weighted by Gasteiger charge is -2.05. The van der Waals surface area contributed by atoms with Crippen molar-refractivity contribution in [1.29, 1.82) is 0 Å². The number of thiazole rings is 1. The van der Waals surface area contributed by atoms with E-state index >= 15 is 0 Å². The average Bonchev–Trinajstić information content (AvgIpc) is 3.30. The summed E-state index contributed by atoms with van der Waals surface area (Å²) in [6.07, 6.45) is 3.96. The maximum absolute atomic E-state index is 12.8. The Balaban J connectivity index is 1.62. The summed E-state index contributed by atoms with van der Waals surface area (Å²) in [6, 6.07) is 15.3. The van der Waals surface area contributed by atoms with Gasteiger partial charge in [0.1, 0.15) is 11.5 Å². The van der Waals surface area contributed by atoms with Gasteiger partial charge in [-0.1, -0.05) is 42.9 Å². The van der Waals surface area contributed by atoms with Gasteiger partial charge in [-0.25, -0.2) is 0 Å². The smallest absolute Gasteiger partial charge is 0.291 e. The summed E-state index contributed by atoms with van der Waals surface area (Å²) >= 11 is 1.32. The molecule has 154 valence electrons. The van der Waals surface area contributed by atoms with Crippen LogP contribution in [0.2, 0.25) is 0 Å². The van der Waals surface area contributed by atoms with Crippen molar-refractivity contribution in [2.75, 3.05) is 13.2 Å². The van der Waals surface area contributed by atoms with Crippen molar-refractivity contribution in [3.8, 4) is 22.9 Å². The Labute approximate surface area is 178 Å². The zero-order valence-electron chi connectivity index (χ0n) is 17.0. The van der Waals surface area contributed by atoms with E-state index in [9.17, 15) is 4.79 Å². The highest BCUT2D eigenvalue weighted by Crippen LogP contribution is 2.21. The molecule has 0 saturated heterocycles. The van der Waals surface area contributed by atoms with Crippen LogP contribution in [0.4, 0.5) is 0 Å². The quantitative estimate of drug-likeness (QED) is 0.403. The van der Waals surface area contributed by atoms with Gasteiger partial charge in [-0.2, -0.15) is 9.50 Å². The first-order valence-electron chi connectivity index (χ1n) is 10.1. The molecule has 7 heteroatoms. The number of para-hydroxylation sites is 1. The van der Waals surface area contributed by atoms with Crippen molar-refractivity contribution >= 4 is 22.4 Å². The maximum atomic E-state index is 12.8. The van der Waals surface area contributed by atoms with Crippen molar-refractivity contribution in [2.24, 2.45) is 0 Å². The van der Waals surface area contributed by atoms with Crippen LogP contribution in [0, 0.1) is 0 Å². The third-order valence-electron chi connectivity index (χ3n) is 4.57. The van der Waals surface area contributed by atoms with Crippen molar-refractivity contribution in [1.82, 2.24) is 14.6 Å². The van der Waals surface area contributed by atoms with Crippen LogP contribution >= 0.6 is 11.3 Å². The topological polar surface area (TPSA) is 65.7 Å². The molecule has 0 amide bonds. The lowest BCUT2D eigenvalue weighted by Crippen LogP contribution is -2.23.